The molecule has 2 nitrogen and oxygen atoms in total. The highest BCUT2D eigenvalue weighted by atomic mass is 35.5. The lowest BCUT2D eigenvalue weighted by Gasteiger charge is -2.24. The Kier molecular flexibility index (Phi) is 5.31. The van der Waals surface area contributed by atoms with E-state index in [0.717, 1.165) is 32.4 Å². The van der Waals surface area contributed by atoms with E-state index in [1.165, 1.54) is 5.56 Å². The summed E-state index contributed by atoms with van der Waals surface area (Å²) in [6, 6.07) is 6.20. The summed E-state index contributed by atoms with van der Waals surface area (Å²) < 4.78 is 5.77. The van der Waals surface area contributed by atoms with Crippen LogP contribution in [-0.2, 0) is 11.2 Å². The van der Waals surface area contributed by atoms with Crippen molar-refractivity contribution < 1.29 is 4.74 Å². The number of likely N-dealkylation sites (N-methyl/N-ethyl adjacent to an activating group) is 1. The van der Waals surface area contributed by atoms with E-state index in [1.54, 1.807) is 0 Å². The minimum Gasteiger partial charge on any atom is -0.377 e. The number of halogens is 2. The van der Waals surface area contributed by atoms with Crippen LogP contribution in [0.25, 0.3) is 0 Å². The fraction of sp³-hybridized carbons (Fsp3) is 0.571. The summed E-state index contributed by atoms with van der Waals surface area (Å²) in [6.45, 7) is 3.95. The van der Waals surface area contributed by atoms with Gasteiger partial charge in [-0.1, -0.05) is 36.2 Å². The Morgan fingerprint density at radius 3 is 2.83 bits per heavy atom. The van der Waals surface area contributed by atoms with Crippen molar-refractivity contribution in [2.45, 2.75) is 38.3 Å². The van der Waals surface area contributed by atoms with Crippen LogP contribution >= 0.6 is 23.2 Å². The van der Waals surface area contributed by atoms with Gasteiger partial charge in [-0.2, -0.15) is 0 Å². The minimum atomic E-state index is 0.319. The molecule has 0 radical (unpaired) electrons. The molecular weight excluding hydrogens is 269 g/mol. The fourth-order valence-electron chi connectivity index (χ4n) is 2.44. The summed E-state index contributed by atoms with van der Waals surface area (Å²) in [5, 5.41) is 4.74. The highest BCUT2D eigenvalue weighted by Gasteiger charge is 2.25. The van der Waals surface area contributed by atoms with Crippen molar-refractivity contribution in [2.75, 3.05) is 13.2 Å². The van der Waals surface area contributed by atoms with E-state index in [4.69, 9.17) is 27.9 Å². The van der Waals surface area contributed by atoms with E-state index < -0.39 is 0 Å². The molecule has 1 aliphatic rings. The van der Waals surface area contributed by atoms with Gasteiger partial charge in [-0.25, -0.2) is 0 Å². The number of ether oxygens (including phenoxy) is 1. The van der Waals surface area contributed by atoms with Gasteiger partial charge in [0.15, 0.2) is 0 Å². The van der Waals surface area contributed by atoms with Crippen molar-refractivity contribution in [3.05, 3.63) is 33.8 Å². The maximum Gasteiger partial charge on any atom is 0.0732 e. The van der Waals surface area contributed by atoms with Gasteiger partial charge < -0.3 is 10.1 Å². The Balaban J connectivity index is 2.04. The number of rotatable bonds is 5. The van der Waals surface area contributed by atoms with Gasteiger partial charge in [0.25, 0.3) is 0 Å². The van der Waals surface area contributed by atoms with Crippen molar-refractivity contribution >= 4 is 23.2 Å². The van der Waals surface area contributed by atoms with Crippen LogP contribution in [0.5, 0.6) is 0 Å². The quantitative estimate of drug-likeness (QED) is 0.892. The third-order valence-electron chi connectivity index (χ3n) is 3.32. The molecule has 1 fully saturated rings. The molecule has 4 heteroatoms. The number of nitrogens with one attached hydrogen (secondary N) is 1. The Morgan fingerprint density at radius 1 is 1.39 bits per heavy atom. The van der Waals surface area contributed by atoms with Gasteiger partial charge in [-0.15, -0.1) is 0 Å². The second kappa shape index (κ2) is 6.76. The smallest absolute Gasteiger partial charge is 0.0732 e. The van der Waals surface area contributed by atoms with Crippen molar-refractivity contribution in [1.82, 2.24) is 5.32 Å². The number of benzene rings is 1. The van der Waals surface area contributed by atoms with Gasteiger partial charge in [0.2, 0.25) is 0 Å². The normalized spacial score (nSPS) is 21.2. The lowest BCUT2D eigenvalue weighted by Crippen LogP contribution is -2.41. The van der Waals surface area contributed by atoms with Crippen LogP contribution < -0.4 is 5.32 Å². The lowest BCUT2D eigenvalue weighted by atomic mass is 9.99. The molecule has 1 aliphatic heterocycles. The fourth-order valence-corrected chi connectivity index (χ4v) is 2.76. The highest BCUT2D eigenvalue weighted by molar-refractivity contribution is 6.42. The Bertz CT molecular complexity index is 391. The topological polar surface area (TPSA) is 21.3 Å². The van der Waals surface area contributed by atoms with Gasteiger partial charge >= 0.3 is 0 Å². The molecule has 1 aromatic carbocycles. The first kappa shape index (κ1) is 14.1. The van der Waals surface area contributed by atoms with Crippen LogP contribution in [0.2, 0.25) is 10.0 Å². The Morgan fingerprint density at radius 2 is 2.22 bits per heavy atom. The maximum absolute atomic E-state index is 6.05. The first-order chi connectivity index (χ1) is 8.70. The Hall–Kier alpha value is -0.280. The summed E-state index contributed by atoms with van der Waals surface area (Å²) in [6.07, 6.45) is 3.54. The molecule has 0 aliphatic carbocycles. The van der Waals surface area contributed by atoms with Crippen LogP contribution in [0, 0.1) is 0 Å². The zero-order valence-electron chi connectivity index (χ0n) is 10.6. The number of hydrogen-bond acceptors (Lipinski definition) is 2. The van der Waals surface area contributed by atoms with Crippen LogP contribution in [0.3, 0.4) is 0 Å². The molecule has 0 aromatic heterocycles. The minimum absolute atomic E-state index is 0.319. The van der Waals surface area contributed by atoms with Gasteiger partial charge in [0, 0.05) is 12.6 Å². The van der Waals surface area contributed by atoms with E-state index in [0.29, 0.717) is 22.2 Å². The number of hydrogen-bond donors (Lipinski definition) is 1. The molecule has 0 unspecified atom stereocenters. The van der Waals surface area contributed by atoms with E-state index in [-0.39, 0.29) is 0 Å². The molecule has 0 saturated carbocycles. The van der Waals surface area contributed by atoms with Crippen LogP contribution in [-0.4, -0.2) is 25.3 Å². The first-order valence-corrected chi connectivity index (χ1v) is 7.25. The standard InChI is InChI=1S/C14H19Cl2NO/c1-2-17-13(14-4-3-7-18-14)9-10-5-6-11(15)12(16)8-10/h5-6,8,13-14,17H,2-4,7,9H2,1H3/t13-,14+/m0/s1. The average Bonchev–Trinajstić information content (AvgIpc) is 2.87. The summed E-state index contributed by atoms with van der Waals surface area (Å²) in [5.74, 6) is 0. The second-order valence-corrected chi connectivity index (χ2v) is 5.48. The molecule has 2 rings (SSSR count). The molecule has 2 atom stereocenters. The first-order valence-electron chi connectivity index (χ1n) is 6.49. The molecule has 0 bridgehead atoms. The molecular formula is C14H19Cl2NO. The predicted molar refractivity (Wildman–Crippen MR) is 76.6 cm³/mol. The third-order valence-corrected chi connectivity index (χ3v) is 4.06. The van der Waals surface area contributed by atoms with E-state index >= 15 is 0 Å². The highest BCUT2D eigenvalue weighted by Crippen LogP contribution is 2.25. The second-order valence-electron chi connectivity index (χ2n) is 4.67. The summed E-state index contributed by atoms with van der Waals surface area (Å²) in [4.78, 5) is 0. The summed E-state index contributed by atoms with van der Waals surface area (Å²) in [7, 11) is 0. The summed E-state index contributed by atoms with van der Waals surface area (Å²) >= 11 is 12.0. The van der Waals surface area contributed by atoms with Crippen molar-refractivity contribution in [2.24, 2.45) is 0 Å². The molecule has 1 saturated heterocycles. The predicted octanol–water partition coefficient (Wildman–Crippen LogP) is 3.69. The SMILES string of the molecule is CCN[C@@H](Cc1ccc(Cl)c(Cl)c1)[C@H]1CCCO1. The lowest BCUT2D eigenvalue weighted by molar-refractivity contribution is 0.0789. The monoisotopic (exact) mass is 287 g/mol. The molecule has 1 heterocycles. The van der Waals surface area contributed by atoms with Gasteiger partial charge in [-0.3, -0.25) is 0 Å². The average molecular weight is 288 g/mol. The van der Waals surface area contributed by atoms with Gasteiger partial charge in [-0.05, 0) is 43.5 Å². The molecule has 100 valence electrons. The van der Waals surface area contributed by atoms with Crippen molar-refractivity contribution in [1.29, 1.82) is 0 Å². The van der Waals surface area contributed by atoms with E-state index in [2.05, 4.69) is 12.2 Å². The van der Waals surface area contributed by atoms with Crippen molar-refractivity contribution in [3.63, 3.8) is 0 Å². The molecule has 1 N–H and O–H groups in total. The molecule has 0 amide bonds. The van der Waals surface area contributed by atoms with Gasteiger partial charge in [0.1, 0.15) is 0 Å². The van der Waals surface area contributed by atoms with Crippen LogP contribution in [0.4, 0.5) is 0 Å². The molecule has 18 heavy (non-hydrogen) atoms. The van der Waals surface area contributed by atoms with Crippen molar-refractivity contribution in [3.8, 4) is 0 Å². The largest absolute Gasteiger partial charge is 0.377 e. The van der Waals surface area contributed by atoms with E-state index in [1.807, 2.05) is 18.2 Å². The van der Waals surface area contributed by atoms with Crippen LogP contribution in [0.1, 0.15) is 25.3 Å². The third kappa shape index (κ3) is 3.61. The van der Waals surface area contributed by atoms with Gasteiger partial charge in [0.05, 0.1) is 16.1 Å². The molecule has 0 spiro atoms. The maximum atomic E-state index is 6.05. The zero-order chi connectivity index (χ0) is 13.0. The molecule has 1 aromatic rings. The zero-order valence-corrected chi connectivity index (χ0v) is 12.1. The van der Waals surface area contributed by atoms with Crippen LogP contribution in [0.15, 0.2) is 18.2 Å². The van der Waals surface area contributed by atoms with E-state index in [9.17, 15) is 0 Å². The summed E-state index contributed by atoms with van der Waals surface area (Å²) in [5.41, 5.74) is 1.20. The Labute approximate surface area is 119 Å².